The van der Waals surface area contributed by atoms with Gasteiger partial charge in [-0.05, 0) is 31.0 Å². The topological polar surface area (TPSA) is 64.3 Å². The fourth-order valence-electron chi connectivity index (χ4n) is 3.08. The molecule has 2 heterocycles. The molecule has 1 fully saturated rings. The Bertz CT molecular complexity index is 856. The number of rotatable bonds is 2. The van der Waals surface area contributed by atoms with E-state index in [9.17, 15) is 13.2 Å². The van der Waals surface area contributed by atoms with Crippen molar-refractivity contribution in [3.8, 4) is 0 Å². The molecule has 7 heteroatoms. The van der Waals surface area contributed by atoms with E-state index in [-0.39, 0.29) is 10.6 Å². The number of hydrogen-bond donors (Lipinski definition) is 0. The summed E-state index contributed by atoms with van der Waals surface area (Å²) in [5, 5.41) is 0. The second-order valence-electron chi connectivity index (χ2n) is 5.87. The zero-order valence-electron chi connectivity index (χ0n) is 12.9. The minimum absolute atomic E-state index is 0.153. The molecule has 3 rings (SSSR count). The molecule has 1 aromatic heterocycles. The first-order chi connectivity index (χ1) is 10.4. The molecule has 0 amide bonds. The van der Waals surface area contributed by atoms with Crippen molar-refractivity contribution in [3.63, 3.8) is 0 Å². The second-order valence-corrected chi connectivity index (χ2v) is 7.81. The van der Waals surface area contributed by atoms with E-state index < -0.39 is 10.0 Å². The number of aryl methyl sites for hydroxylation is 2. The Kier molecular flexibility index (Phi) is 3.86. The van der Waals surface area contributed by atoms with Crippen molar-refractivity contribution < 1.29 is 8.42 Å². The predicted octanol–water partition coefficient (Wildman–Crippen LogP) is 1.44. The van der Waals surface area contributed by atoms with E-state index in [1.54, 1.807) is 36.6 Å². The van der Waals surface area contributed by atoms with E-state index in [1.165, 1.54) is 9.13 Å². The van der Waals surface area contributed by atoms with Crippen LogP contribution in [0.25, 0.3) is 11.0 Å². The molecule has 6 nitrogen and oxygen atoms in total. The summed E-state index contributed by atoms with van der Waals surface area (Å²) < 4.78 is 30.2. The molecule has 22 heavy (non-hydrogen) atoms. The van der Waals surface area contributed by atoms with E-state index in [0.29, 0.717) is 18.6 Å². The van der Waals surface area contributed by atoms with Crippen molar-refractivity contribution in [1.82, 2.24) is 13.4 Å². The third-order valence-electron chi connectivity index (χ3n) is 4.45. The molecular weight excluding hydrogens is 302 g/mol. The highest BCUT2D eigenvalue weighted by molar-refractivity contribution is 7.89. The van der Waals surface area contributed by atoms with Crippen molar-refractivity contribution in [2.45, 2.75) is 30.6 Å². The summed E-state index contributed by atoms with van der Waals surface area (Å²) in [5.41, 5.74) is 1.23. The van der Waals surface area contributed by atoms with Crippen LogP contribution in [0, 0.1) is 0 Å². The predicted molar refractivity (Wildman–Crippen MR) is 85.4 cm³/mol. The van der Waals surface area contributed by atoms with Gasteiger partial charge in [0.05, 0.1) is 15.9 Å². The zero-order chi connectivity index (χ0) is 15.9. The van der Waals surface area contributed by atoms with Crippen molar-refractivity contribution in [1.29, 1.82) is 0 Å². The van der Waals surface area contributed by atoms with Gasteiger partial charge in [0.15, 0.2) is 0 Å². The molecule has 1 aliphatic rings. The average Bonchev–Trinajstić information content (AvgIpc) is 2.75. The average molecular weight is 323 g/mol. The fourth-order valence-corrected chi connectivity index (χ4v) is 4.62. The van der Waals surface area contributed by atoms with Gasteiger partial charge in [-0.25, -0.2) is 13.2 Å². The molecular formula is C15H21N3O3S. The summed E-state index contributed by atoms with van der Waals surface area (Å²) in [4.78, 5) is 12.2. The Morgan fingerprint density at radius 2 is 1.50 bits per heavy atom. The van der Waals surface area contributed by atoms with Crippen molar-refractivity contribution in [2.24, 2.45) is 14.1 Å². The highest BCUT2D eigenvalue weighted by Crippen LogP contribution is 2.23. The molecule has 0 saturated carbocycles. The number of aromatic nitrogens is 2. The Morgan fingerprint density at radius 3 is 2.14 bits per heavy atom. The largest absolute Gasteiger partial charge is 0.328 e. The molecule has 1 aliphatic heterocycles. The molecule has 1 aromatic carbocycles. The number of fused-ring (bicyclic) bond motifs is 1. The maximum Gasteiger partial charge on any atom is 0.328 e. The summed E-state index contributed by atoms with van der Waals surface area (Å²) in [6.07, 6.45) is 3.98. The Balaban J connectivity index is 2.09. The summed E-state index contributed by atoms with van der Waals surface area (Å²) in [6, 6.07) is 4.92. The Morgan fingerprint density at radius 1 is 0.909 bits per heavy atom. The van der Waals surface area contributed by atoms with Gasteiger partial charge >= 0.3 is 5.69 Å². The van der Waals surface area contributed by atoms with E-state index >= 15 is 0 Å². The molecule has 1 saturated heterocycles. The number of imidazole rings is 1. The Hall–Kier alpha value is -1.60. The van der Waals surface area contributed by atoms with E-state index in [0.717, 1.165) is 31.2 Å². The lowest BCUT2D eigenvalue weighted by Gasteiger charge is -2.20. The van der Waals surface area contributed by atoms with Crippen LogP contribution in [0.2, 0.25) is 0 Å². The van der Waals surface area contributed by atoms with Gasteiger partial charge < -0.3 is 0 Å². The van der Waals surface area contributed by atoms with Crippen molar-refractivity contribution in [3.05, 3.63) is 28.7 Å². The standard InChI is InChI=1S/C15H21N3O3S/c1-16-13-8-7-12(11-14(13)17(2)15(16)19)22(20,21)18-9-5-3-4-6-10-18/h7-8,11H,3-6,9-10H2,1-2H3. The van der Waals surface area contributed by atoms with Crippen molar-refractivity contribution in [2.75, 3.05) is 13.1 Å². The quantitative estimate of drug-likeness (QED) is 0.840. The number of hydrogen-bond acceptors (Lipinski definition) is 3. The molecule has 2 aromatic rings. The number of benzene rings is 1. The molecule has 0 radical (unpaired) electrons. The van der Waals surface area contributed by atoms with Crippen LogP contribution in [0.1, 0.15) is 25.7 Å². The van der Waals surface area contributed by atoms with Crippen molar-refractivity contribution >= 4 is 21.1 Å². The van der Waals surface area contributed by atoms with Gasteiger partial charge in [-0.2, -0.15) is 4.31 Å². The second kappa shape index (κ2) is 5.55. The Labute approximate surface area is 130 Å². The van der Waals surface area contributed by atoms with Crippen LogP contribution in [0.15, 0.2) is 27.9 Å². The van der Waals surface area contributed by atoms with Crippen LogP contribution < -0.4 is 5.69 Å². The molecule has 0 bridgehead atoms. The SMILES string of the molecule is Cn1c(=O)n(C)c2cc(S(=O)(=O)N3CCCCCC3)ccc21. The summed E-state index contributed by atoms with van der Waals surface area (Å²) in [5.74, 6) is 0. The first kappa shape index (κ1) is 15.3. The van der Waals surface area contributed by atoms with Crippen LogP contribution in [-0.4, -0.2) is 34.9 Å². The molecule has 0 N–H and O–H groups in total. The van der Waals surface area contributed by atoms with Gasteiger partial charge in [0.2, 0.25) is 10.0 Å². The smallest absolute Gasteiger partial charge is 0.295 e. The molecule has 0 spiro atoms. The van der Waals surface area contributed by atoms with Crippen LogP contribution in [0.3, 0.4) is 0 Å². The van der Waals surface area contributed by atoms with Gasteiger partial charge in [0.1, 0.15) is 0 Å². The van der Waals surface area contributed by atoms with Crippen LogP contribution in [0.5, 0.6) is 0 Å². The van der Waals surface area contributed by atoms with Gasteiger partial charge in [-0.1, -0.05) is 12.8 Å². The lowest BCUT2D eigenvalue weighted by atomic mass is 10.2. The third-order valence-corrected chi connectivity index (χ3v) is 6.34. The van der Waals surface area contributed by atoms with Gasteiger partial charge in [-0.3, -0.25) is 9.13 Å². The first-order valence-corrected chi connectivity index (χ1v) is 9.02. The third kappa shape index (κ3) is 2.38. The van der Waals surface area contributed by atoms with Crippen LogP contribution >= 0.6 is 0 Å². The van der Waals surface area contributed by atoms with E-state index in [1.807, 2.05) is 0 Å². The lowest BCUT2D eigenvalue weighted by Crippen LogP contribution is -2.31. The maximum absolute atomic E-state index is 12.8. The lowest BCUT2D eigenvalue weighted by molar-refractivity contribution is 0.424. The summed E-state index contributed by atoms with van der Waals surface area (Å²) in [7, 11) is -0.141. The number of sulfonamides is 1. The molecule has 0 aliphatic carbocycles. The van der Waals surface area contributed by atoms with Crippen LogP contribution in [-0.2, 0) is 24.1 Å². The zero-order valence-corrected chi connectivity index (χ0v) is 13.8. The van der Waals surface area contributed by atoms with E-state index in [2.05, 4.69) is 0 Å². The summed E-state index contributed by atoms with van der Waals surface area (Å²) in [6.45, 7) is 1.15. The monoisotopic (exact) mass is 323 g/mol. The van der Waals surface area contributed by atoms with E-state index in [4.69, 9.17) is 0 Å². The molecule has 120 valence electrons. The maximum atomic E-state index is 12.8. The van der Waals surface area contributed by atoms with Gasteiger partial charge in [0, 0.05) is 27.2 Å². The van der Waals surface area contributed by atoms with Gasteiger partial charge in [0.25, 0.3) is 0 Å². The number of nitrogens with zero attached hydrogens (tertiary/aromatic N) is 3. The van der Waals surface area contributed by atoms with Crippen LogP contribution in [0.4, 0.5) is 0 Å². The molecule has 0 atom stereocenters. The summed E-state index contributed by atoms with van der Waals surface area (Å²) >= 11 is 0. The normalized spacial score (nSPS) is 17.7. The highest BCUT2D eigenvalue weighted by Gasteiger charge is 2.26. The highest BCUT2D eigenvalue weighted by atomic mass is 32.2. The van der Waals surface area contributed by atoms with Gasteiger partial charge in [-0.15, -0.1) is 0 Å². The fraction of sp³-hybridized carbons (Fsp3) is 0.533. The first-order valence-electron chi connectivity index (χ1n) is 7.58. The molecule has 0 unspecified atom stereocenters. The minimum atomic E-state index is -3.49. The minimum Gasteiger partial charge on any atom is -0.295 e.